The molecule has 0 unspecified atom stereocenters. The predicted molar refractivity (Wildman–Crippen MR) is 59.1 cm³/mol. The fraction of sp³-hybridized carbons (Fsp3) is 1.00. The molecule has 0 radical (unpaired) electrons. The van der Waals surface area contributed by atoms with Crippen LogP contribution in [0.25, 0.3) is 0 Å². The van der Waals surface area contributed by atoms with Gasteiger partial charge in [0.15, 0.2) is 0 Å². The van der Waals surface area contributed by atoms with Crippen LogP contribution in [0.3, 0.4) is 0 Å². The minimum absolute atomic E-state index is 0.810. The lowest BCUT2D eigenvalue weighted by Gasteiger charge is -2.35. The molecule has 2 N–H and O–H groups in total. The van der Waals surface area contributed by atoms with Crippen molar-refractivity contribution in [2.75, 3.05) is 31.1 Å². The normalized spacial score (nSPS) is 32.5. The summed E-state index contributed by atoms with van der Waals surface area (Å²) < 4.78 is 0. The lowest BCUT2D eigenvalue weighted by molar-refractivity contribution is 0.146. The van der Waals surface area contributed by atoms with Gasteiger partial charge in [0, 0.05) is 11.8 Å². The van der Waals surface area contributed by atoms with Crippen molar-refractivity contribution in [1.29, 1.82) is 0 Å². The van der Waals surface area contributed by atoms with Gasteiger partial charge in [0.05, 0.1) is 0 Å². The average molecular weight is 200 g/mol. The zero-order valence-corrected chi connectivity index (χ0v) is 9.06. The smallest absolute Gasteiger partial charge is 0.0194 e. The third-order valence-corrected chi connectivity index (χ3v) is 4.55. The van der Waals surface area contributed by atoms with Crippen LogP contribution in [0.1, 0.15) is 19.3 Å². The van der Waals surface area contributed by atoms with E-state index in [-0.39, 0.29) is 0 Å². The molecule has 0 aliphatic carbocycles. The van der Waals surface area contributed by atoms with E-state index in [4.69, 9.17) is 5.73 Å². The van der Waals surface area contributed by atoms with E-state index < -0.39 is 0 Å². The Morgan fingerprint density at radius 3 is 2.54 bits per heavy atom. The second-order valence-corrected chi connectivity index (χ2v) is 5.38. The number of rotatable bonds is 2. The molecule has 2 aliphatic heterocycles. The number of nitrogens with zero attached hydrogens (tertiary/aromatic N) is 1. The van der Waals surface area contributed by atoms with E-state index in [1.165, 1.54) is 43.9 Å². The monoisotopic (exact) mass is 200 g/mol. The van der Waals surface area contributed by atoms with E-state index in [1.54, 1.807) is 0 Å². The minimum atomic E-state index is 0.810. The molecule has 3 heteroatoms. The molecule has 2 rings (SSSR count). The highest BCUT2D eigenvalue weighted by atomic mass is 32.2. The molecule has 2 fully saturated rings. The van der Waals surface area contributed by atoms with Crippen LogP contribution >= 0.6 is 11.8 Å². The molecule has 76 valence electrons. The topological polar surface area (TPSA) is 29.3 Å². The van der Waals surface area contributed by atoms with E-state index in [1.807, 2.05) is 0 Å². The van der Waals surface area contributed by atoms with Crippen molar-refractivity contribution in [3.8, 4) is 0 Å². The standard InChI is InChI=1S/C10H20N2S/c11-7-9-1-4-12(5-2-9)10-3-6-13-8-10/h9-10H,1-8,11H2/t10-/m0/s1. The summed E-state index contributed by atoms with van der Waals surface area (Å²) in [7, 11) is 0. The van der Waals surface area contributed by atoms with E-state index >= 15 is 0 Å². The van der Waals surface area contributed by atoms with E-state index in [0.717, 1.165) is 18.5 Å². The van der Waals surface area contributed by atoms with Crippen LogP contribution in [0.4, 0.5) is 0 Å². The highest BCUT2D eigenvalue weighted by molar-refractivity contribution is 7.99. The fourth-order valence-electron chi connectivity index (χ4n) is 2.36. The maximum absolute atomic E-state index is 5.68. The molecule has 2 aliphatic rings. The Bertz CT molecular complexity index is 149. The van der Waals surface area contributed by atoms with E-state index in [0.29, 0.717) is 0 Å². The summed E-state index contributed by atoms with van der Waals surface area (Å²) in [5.41, 5.74) is 5.68. The number of hydrogen-bond donors (Lipinski definition) is 1. The van der Waals surface area contributed by atoms with Gasteiger partial charge < -0.3 is 5.73 Å². The summed E-state index contributed by atoms with van der Waals surface area (Å²) >= 11 is 2.12. The second-order valence-electron chi connectivity index (χ2n) is 4.23. The Balaban J connectivity index is 1.77. The number of hydrogen-bond acceptors (Lipinski definition) is 3. The van der Waals surface area contributed by atoms with Gasteiger partial charge in [0.2, 0.25) is 0 Å². The molecule has 1 atom stereocenters. The van der Waals surface area contributed by atoms with Gasteiger partial charge in [-0.1, -0.05) is 0 Å². The first-order chi connectivity index (χ1) is 6.40. The molecule has 0 saturated carbocycles. The van der Waals surface area contributed by atoms with E-state index in [9.17, 15) is 0 Å². The highest BCUT2D eigenvalue weighted by Gasteiger charge is 2.26. The van der Waals surface area contributed by atoms with Crippen molar-refractivity contribution in [3.63, 3.8) is 0 Å². The number of thioether (sulfide) groups is 1. The van der Waals surface area contributed by atoms with Crippen molar-refractivity contribution < 1.29 is 0 Å². The van der Waals surface area contributed by atoms with Gasteiger partial charge in [-0.3, -0.25) is 4.90 Å². The Kier molecular flexibility index (Phi) is 3.52. The van der Waals surface area contributed by atoms with Gasteiger partial charge in [-0.05, 0) is 50.6 Å². The SMILES string of the molecule is NCC1CCN([C@H]2CCSC2)CC1. The van der Waals surface area contributed by atoms with Gasteiger partial charge in [-0.25, -0.2) is 0 Å². The Labute approximate surface area is 85.2 Å². The first-order valence-corrected chi connectivity index (χ1v) is 6.57. The highest BCUT2D eigenvalue weighted by Crippen LogP contribution is 2.26. The predicted octanol–water partition coefficient (Wildman–Crippen LogP) is 1.16. The summed E-state index contributed by atoms with van der Waals surface area (Å²) in [5.74, 6) is 3.56. The third-order valence-electron chi connectivity index (χ3n) is 3.40. The zero-order chi connectivity index (χ0) is 9.10. The van der Waals surface area contributed by atoms with Crippen LogP contribution in [0.2, 0.25) is 0 Å². The van der Waals surface area contributed by atoms with Gasteiger partial charge in [-0.15, -0.1) is 0 Å². The lowest BCUT2D eigenvalue weighted by atomic mass is 9.96. The average Bonchev–Trinajstić information content (AvgIpc) is 2.71. The van der Waals surface area contributed by atoms with Crippen LogP contribution in [-0.4, -0.2) is 42.1 Å². The molecule has 0 bridgehead atoms. The summed E-state index contributed by atoms with van der Waals surface area (Å²) in [4.78, 5) is 2.69. The summed E-state index contributed by atoms with van der Waals surface area (Å²) in [6.07, 6.45) is 4.08. The summed E-state index contributed by atoms with van der Waals surface area (Å²) in [5, 5.41) is 0. The van der Waals surface area contributed by atoms with Gasteiger partial charge in [0.1, 0.15) is 0 Å². The first-order valence-electron chi connectivity index (χ1n) is 5.42. The van der Waals surface area contributed by atoms with Crippen molar-refractivity contribution >= 4 is 11.8 Å². The maximum atomic E-state index is 5.68. The van der Waals surface area contributed by atoms with Crippen LogP contribution in [0, 0.1) is 5.92 Å². The Morgan fingerprint density at radius 2 is 2.00 bits per heavy atom. The molecule has 0 spiro atoms. The Morgan fingerprint density at radius 1 is 1.23 bits per heavy atom. The summed E-state index contributed by atoms with van der Waals surface area (Å²) in [6.45, 7) is 3.49. The maximum Gasteiger partial charge on any atom is 0.0194 e. The third kappa shape index (κ3) is 2.39. The quantitative estimate of drug-likeness (QED) is 0.725. The lowest BCUT2D eigenvalue weighted by Crippen LogP contribution is -2.42. The molecule has 0 aromatic rings. The second kappa shape index (κ2) is 4.67. The van der Waals surface area contributed by atoms with Crippen LogP contribution in [0.15, 0.2) is 0 Å². The van der Waals surface area contributed by atoms with Crippen molar-refractivity contribution in [2.45, 2.75) is 25.3 Å². The molecule has 13 heavy (non-hydrogen) atoms. The van der Waals surface area contributed by atoms with Crippen molar-refractivity contribution in [1.82, 2.24) is 4.90 Å². The largest absolute Gasteiger partial charge is 0.330 e. The molecule has 0 aromatic carbocycles. The molecule has 2 nitrogen and oxygen atoms in total. The zero-order valence-electron chi connectivity index (χ0n) is 8.24. The van der Waals surface area contributed by atoms with Gasteiger partial charge in [-0.2, -0.15) is 11.8 Å². The number of nitrogens with two attached hydrogens (primary N) is 1. The fourth-order valence-corrected chi connectivity index (χ4v) is 3.62. The first kappa shape index (κ1) is 9.81. The van der Waals surface area contributed by atoms with Crippen molar-refractivity contribution in [2.24, 2.45) is 11.7 Å². The van der Waals surface area contributed by atoms with Crippen LogP contribution in [0.5, 0.6) is 0 Å². The molecule has 0 aromatic heterocycles. The molecular formula is C10H20N2S. The van der Waals surface area contributed by atoms with E-state index in [2.05, 4.69) is 16.7 Å². The van der Waals surface area contributed by atoms with Crippen LogP contribution < -0.4 is 5.73 Å². The Hall–Kier alpha value is 0.270. The minimum Gasteiger partial charge on any atom is -0.330 e. The number of likely N-dealkylation sites (tertiary alicyclic amines) is 1. The molecule has 2 saturated heterocycles. The van der Waals surface area contributed by atoms with Crippen LogP contribution in [-0.2, 0) is 0 Å². The van der Waals surface area contributed by atoms with Gasteiger partial charge >= 0.3 is 0 Å². The van der Waals surface area contributed by atoms with Crippen molar-refractivity contribution in [3.05, 3.63) is 0 Å². The molecule has 2 heterocycles. The molecular weight excluding hydrogens is 180 g/mol. The number of piperidine rings is 1. The molecule has 0 amide bonds. The van der Waals surface area contributed by atoms with Gasteiger partial charge in [0.25, 0.3) is 0 Å². The summed E-state index contributed by atoms with van der Waals surface area (Å²) in [6, 6.07) is 0.892.